The van der Waals surface area contributed by atoms with Crippen molar-refractivity contribution in [2.45, 2.75) is 6.54 Å². The molecule has 26 heavy (non-hydrogen) atoms. The number of nitrogens with one attached hydrogen (secondary N) is 1. The molecule has 0 spiro atoms. The van der Waals surface area contributed by atoms with Gasteiger partial charge in [-0.25, -0.2) is 4.98 Å². The van der Waals surface area contributed by atoms with Crippen molar-refractivity contribution >= 4 is 23.1 Å². The van der Waals surface area contributed by atoms with Crippen molar-refractivity contribution in [2.24, 2.45) is 0 Å². The predicted octanol–water partition coefficient (Wildman–Crippen LogP) is 1.35. The number of rotatable bonds is 5. The van der Waals surface area contributed by atoms with Crippen LogP contribution < -0.4 is 10.2 Å². The van der Waals surface area contributed by atoms with Crippen molar-refractivity contribution in [2.75, 3.05) is 31.2 Å². The Morgan fingerprint density at radius 3 is 3.00 bits per heavy atom. The van der Waals surface area contributed by atoms with E-state index in [4.69, 9.17) is 9.26 Å². The molecule has 0 aliphatic carbocycles. The Morgan fingerprint density at radius 1 is 1.31 bits per heavy atom. The van der Waals surface area contributed by atoms with Gasteiger partial charge in [0.2, 0.25) is 5.76 Å². The van der Waals surface area contributed by atoms with Gasteiger partial charge in [0.1, 0.15) is 10.7 Å². The lowest BCUT2D eigenvalue weighted by atomic mass is 10.3. The van der Waals surface area contributed by atoms with Gasteiger partial charge in [0.05, 0.1) is 31.6 Å². The number of amides is 1. The van der Waals surface area contributed by atoms with Crippen molar-refractivity contribution in [1.82, 2.24) is 25.4 Å². The maximum atomic E-state index is 12.3. The van der Waals surface area contributed by atoms with Gasteiger partial charge in [0, 0.05) is 36.9 Å². The van der Waals surface area contributed by atoms with Gasteiger partial charge in [0.15, 0.2) is 5.82 Å². The summed E-state index contributed by atoms with van der Waals surface area (Å²) >= 11 is 1.45. The quantitative estimate of drug-likeness (QED) is 0.715. The Balaban J connectivity index is 1.35. The van der Waals surface area contributed by atoms with Crippen LogP contribution in [-0.2, 0) is 11.3 Å². The fraction of sp³-hybridized carbons (Fsp3) is 0.312. The number of thiazole rings is 1. The Kier molecular flexibility index (Phi) is 4.84. The Bertz CT molecular complexity index is 875. The molecule has 3 aromatic heterocycles. The molecule has 9 nitrogen and oxygen atoms in total. The molecule has 3 aromatic rings. The summed E-state index contributed by atoms with van der Waals surface area (Å²) in [4.78, 5) is 27.0. The second-order valence-electron chi connectivity index (χ2n) is 5.57. The summed E-state index contributed by atoms with van der Waals surface area (Å²) in [5.74, 6) is 0.499. The van der Waals surface area contributed by atoms with Crippen LogP contribution in [0.15, 0.2) is 34.6 Å². The smallest absolute Gasteiger partial charge is 0.290 e. The normalized spacial score (nSPS) is 14.4. The van der Waals surface area contributed by atoms with E-state index in [1.165, 1.54) is 11.3 Å². The lowest BCUT2D eigenvalue weighted by Gasteiger charge is -2.25. The molecule has 134 valence electrons. The van der Waals surface area contributed by atoms with Crippen LogP contribution in [0.2, 0.25) is 0 Å². The average Bonchev–Trinajstić information content (AvgIpc) is 3.37. The molecule has 10 heteroatoms. The molecule has 0 bridgehead atoms. The van der Waals surface area contributed by atoms with Crippen LogP contribution >= 0.6 is 11.3 Å². The summed E-state index contributed by atoms with van der Waals surface area (Å²) in [6.45, 7) is 3.05. The summed E-state index contributed by atoms with van der Waals surface area (Å²) in [5.41, 5.74) is 1.46. The Morgan fingerprint density at radius 2 is 2.19 bits per heavy atom. The van der Waals surface area contributed by atoms with E-state index < -0.39 is 0 Å². The minimum atomic E-state index is -0.328. The zero-order valence-corrected chi connectivity index (χ0v) is 14.6. The minimum Gasteiger partial charge on any atom is -0.378 e. The second kappa shape index (κ2) is 7.58. The Labute approximate surface area is 153 Å². The SMILES string of the molecule is O=C(NCc1csc(-c2cnccn2)n1)c1cc(N2CCOCC2)no1. The van der Waals surface area contributed by atoms with Gasteiger partial charge in [-0.1, -0.05) is 5.16 Å². The second-order valence-corrected chi connectivity index (χ2v) is 6.42. The molecule has 1 amide bonds. The first-order valence-electron chi connectivity index (χ1n) is 8.08. The molecule has 1 aliphatic heterocycles. The summed E-state index contributed by atoms with van der Waals surface area (Å²) in [5, 5.41) is 9.39. The monoisotopic (exact) mass is 372 g/mol. The molecule has 0 atom stereocenters. The zero-order chi connectivity index (χ0) is 17.8. The van der Waals surface area contributed by atoms with E-state index in [1.54, 1.807) is 24.7 Å². The maximum Gasteiger partial charge on any atom is 0.290 e. The summed E-state index contributed by atoms with van der Waals surface area (Å²) in [7, 11) is 0. The molecular weight excluding hydrogens is 356 g/mol. The van der Waals surface area contributed by atoms with E-state index in [0.29, 0.717) is 31.3 Å². The molecule has 1 saturated heterocycles. The third-order valence-corrected chi connectivity index (χ3v) is 4.73. The number of hydrogen-bond donors (Lipinski definition) is 1. The van der Waals surface area contributed by atoms with E-state index >= 15 is 0 Å². The first kappa shape index (κ1) is 16.6. The topological polar surface area (TPSA) is 106 Å². The molecule has 0 aromatic carbocycles. The van der Waals surface area contributed by atoms with Crippen molar-refractivity contribution in [3.8, 4) is 10.7 Å². The van der Waals surface area contributed by atoms with Gasteiger partial charge >= 0.3 is 0 Å². The highest BCUT2D eigenvalue weighted by atomic mass is 32.1. The highest BCUT2D eigenvalue weighted by Crippen LogP contribution is 2.21. The van der Waals surface area contributed by atoms with Crippen LogP contribution in [0, 0.1) is 0 Å². The highest BCUT2D eigenvalue weighted by molar-refractivity contribution is 7.13. The number of hydrogen-bond acceptors (Lipinski definition) is 9. The van der Waals surface area contributed by atoms with Gasteiger partial charge in [-0.15, -0.1) is 11.3 Å². The predicted molar refractivity (Wildman–Crippen MR) is 93.8 cm³/mol. The van der Waals surface area contributed by atoms with Crippen LogP contribution in [0.1, 0.15) is 16.2 Å². The van der Waals surface area contributed by atoms with Crippen molar-refractivity contribution in [3.63, 3.8) is 0 Å². The third kappa shape index (κ3) is 3.70. The molecule has 0 saturated carbocycles. The minimum absolute atomic E-state index is 0.177. The van der Waals surface area contributed by atoms with Crippen molar-refractivity contribution in [3.05, 3.63) is 41.5 Å². The zero-order valence-electron chi connectivity index (χ0n) is 13.8. The fourth-order valence-corrected chi connectivity index (χ4v) is 3.27. The van der Waals surface area contributed by atoms with Gasteiger partial charge < -0.3 is 19.5 Å². The number of aromatic nitrogens is 4. The molecule has 1 fully saturated rings. The van der Waals surface area contributed by atoms with Gasteiger partial charge in [-0.05, 0) is 0 Å². The number of carbonyl (C=O) groups is 1. The van der Waals surface area contributed by atoms with E-state index in [1.807, 2.05) is 10.3 Å². The van der Waals surface area contributed by atoms with E-state index in [0.717, 1.165) is 23.8 Å². The highest BCUT2D eigenvalue weighted by Gasteiger charge is 2.19. The summed E-state index contributed by atoms with van der Waals surface area (Å²) < 4.78 is 10.5. The van der Waals surface area contributed by atoms with Crippen LogP contribution in [0.3, 0.4) is 0 Å². The van der Waals surface area contributed by atoms with E-state index in [-0.39, 0.29) is 11.7 Å². The van der Waals surface area contributed by atoms with Crippen LogP contribution in [0.5, 0.6) is 0 Å². The third-order valence-electron chi connectivity index (χ3n) is 3.82. The molecular formula is C16H16N6O3S. The molecule has 4 heterocycles. The molecule has 4 rings (SSSR count). The van der Waals surface area contributed by atoms with E-state index in [2.05, 4.69) is 25.4 Å². The van der Waals surface area contributed by atoms with Crippen LogP contribution in [-0.4, -0.2) is 52.3 Å². The number of nitrogens with zero attached hydrogens (tertiary/aromatic N) is 5. The first-order valence-corrected chi connectivity index (χ1v) is 8.96. The number of morpholine rings is 1. The van der Waals surface area contributed by atoms with Gasteiger partial charge in [0.25, 0.3) is 5.91 Å². The molecule has 0 unspecified atom stereocenters. The average molecular weight is 372 g/mol. The first-order chi connectivity index (χ1) is 12.8. The van der Waals surface area contributed by atoms with Crippen LogP contribution in [0.4, 0.5) is 5.82 Å². The van der Waals surface area contributed by atoms with Crippen LogP contribution in [0.25, 0.3) is 10.7 Å². The molecule has 0 radical (unpaired) electrons. The lowest BCUT2D eigenvalue weighted by molar-refractivity contribution is 0.0913. The number of carbonyl (C=O) groups excluding carboxylic acids is 1. The lowest BCUT2D eigenvalue weighted by Crippen LogP contribution is -2.36. The fourth-order valence-electron chi connectivity index (χ4n) is 2.49. The van der Waals surface area contributed by atoms with Gasteiger partial charge in [-0.3, -0.25) is 14.8 Å². The van der Waals surface area contributed by atoms with Crippen molar-refractivity contribution in [1.29, 1.82) is 0 Å². The van der Waals surface area contributed by atoms with E-state index in [9.17, 15) is 4.79 Å². The van der Waals surface area contributed by atoms with Crippen molar-refractivity contribution < 1.29 is 14.1 Å². The summed E-state index contributed by atoms with van der Waals surface area (Å²) in [6.07, 6.45) is 4.89. The Hall–Kier alpha value is -2.85. The number of ether oxygens (including phenoxy) is 1. The molecule has 1 aliphatic rings. The maximum absolute atomic E-state index is 12.3. The molecule has 1 N–H and O–H groups in total. The van der Waals surface area contributed by atoms with Gasteiger partial charge in [-0.2, -0.15) is 0 Å². The number of anilines is 1. The standard InChI is InChI=1S/C16H16N6O3S/c23-15(13-7-14(21-25-13)22-3-5-24-6-4-22)19-8-11-10-26-16(20-11)12-9-17-1-2-18-12/h1-2,7,9-10H,3-6,8H2,(H,19,23). The summed E-state index contributed by atoms with van der Waals surface area (Å²) in [6, 6.07) is 1.65. The largest absolute Gasteiger partial charge is 0.378 e.